The number of phenolic OH excluding ortho intramolecular Hbond substituents is 1. The maximum Gasteiger partial charge on any atom is 0.251 e. The van der Waals surface area contributed by atoms with Crippen molar-refractivity contribution in [2.45, 2.75) is 6.42 Å². The molecule has 0 spiro atoms. The predicted molar refractivity (Wildman–Crippen MR) is 59.0 cm³/mol. The molecule has 4 nitrogen and oxygen atoms in total. The van der Waals surface area contributed by atoms with Crippen LogP contribution in [0.4, 0.5) is 0 Å². The Balaban J connectivity index is 2.72. The summed E-state index contributed by atoms with van der Waals surface area (Å²) in [5.41, 5.74) is 6.50. The number of pyridine rings is 1. The van der Waals surface area contributed by atoms with Gasteiger partial charge < -0.3 is 15.8 Å². The Kier molecular flexibility index (Phi) is 2.43. The van der Waals surface area contributed by atoms with Crippen LogP contribution in [0.25, 0.3) is 10.9 Å². The van der Waals surface area contributed by atoms with E-state index in [1.165, 1.54) is 0 Å². The summed E-state index contributed by atoms with van der Waals surface area (Å²) in [4.78, 5) is 14.3. The van der Waals surface area contributed by atoms with Gasteiger partial charge in [0.2, 0.25) is 0 Å². The second kappa shape index (κ2) is 3.74. The number of phenols is 1. The molecular weight excluding hydrogens is 192 g/mol. The Morgan fingerprint density at radius 3 is 2.93 bits per heavy atom. The van der Waals surface area contributed by atoms with Crippen LogP contribution < -0.4 is 11.3 Å². The molecule has 0 bridgehead atoms. The second-order valence-corrected chi connectivity index (χ2v) is 3.40. The summed E-state index contributed by atoms with van der Waals surface area (Å²) in [6.07, 6.45) is 0.513. The first-order valence-corrected chi connectivity index (χ1v) is 4.76. The van der Waals surface area contributed by atoms with E-state index in [1.54, 1.807) is 24.3 Å². The van der Waals surface area contributed by atoms with Crippen LogP contribution in [0, 0.1) is 0 Å². The van der Waals surface area contributed by atoms with Gasteiger partial charge in [0.05, 0.1) is 5.52 Å². The van der Waals surface area contributed by atoms with Crippen LogP contribution in [0.3, 0.4) is 0 Å². The molecule has 1 aromatic carbocycles. The smallest absolute Gasteiger partial charge is 0.251 e. The maximum atomic E-state index is 11.5. The van der Waals surface area contributed by atoms with Crippen molar-refractivity contribution in [2.75, 3.05) is 6.54 Å². The van der Waals surface area contributed by atoms with E-state index >= 15 is 0 Å². The minimum absolute atomic E-state index is 0.140. The fourth-order valence-corrected chi connectivity index (χ4v) is 1.60. The van der Waals surface area contributed by atoms with Crippen molar-refractivity contribution in [3.05, 3.63) is 40.2 Å². The summed E-state index contributed by atoms with van der Waals surface area (Å²) in [5, 5.41) is 10.3. The zero-order chi connectivity index (χ0) is 10.8. The first-order valence-electron chi connectivity index (χ1n) is 4.76. The molecule has 2 aromatic rings. The Morgan fingerprint density at radius 1 is 1.40 bits per heavy atom. The predicted octanol–water partition coefficient (Wildman–Crippen LogP) is 0.735. The fraction of sp³-hybridized carbons (Fsp3) is 0.182. The second-order valence-electron chi connectivity index (χ2n) is 3.40. The summed E-state index contributed by atoms with van der Waals surface area (Å²) >= 11 is 0. The third-order valence-electron chi connectivity index (χ3n) is 2.36. The fourth-order valence-electron chi connectivity index (χ4n) is 1.60. The number of nitrogens with one attached hydrogen (secondary N) is 1. The maximum absolute atomic E-state index is 11.5. The molecule has 0 aliphatic heterocycles. The molecule has 0 saturated carbocycles. The lowest BCUT2D eigenvalue weighted by molar-refractivity contribution is 0.481. The van der Waals surface area contributed by atoms with Gasteiger partial charge in [-0.2, -0.15) is 0 Å². The number of hydrogen-bond acceptors (Lipinski definition) is 3. The van der Waals surface area contributed by atoms with Gasteiger partial charge in [0, 0.05) is 10.9 Å². The Hall–Kier alpha value is -1.81. The van der Waals surface area contributed by atoms with E-state index in [4.69, 9.17) is 5.73 Å². The zero-order valence-corrected chi connectivity index (χ0v) is 8.16. The first kappa shape index (κ1) is 9.73. The van der Waals surface area contributed by atoms with Crippen LogP contribution in [0.15, 0.2) is 29.1 Å². The SMILES string of the molecule is NCCc1cc2c(O)cccc2[nH]c1=O. The molecule has 0 radical (unpaired) electrons. The van der Waals surface area contributed by atoms with Crippen LogP contribution in [0.2, 0.25) is 0 Å². The summed E-state index contributed by atoms with van der Waals surface area (Å²) < 4.78 is 0. The van der Waals surface area contributed by atoms with Crippen LogP contribution in [-0.4, -0.2) is 16.6 Å². The van der Waals surface area contributed by atoms with E-state index in [0.717, 1.165) is 0 Å². The van der Waals surface area contributed by atoms with Crippen molar-refractivity contribution in [3.63, 3.8) is 0 Å². The molecule has 4 heteroatoms. The van der Waals surface area contributed by atoms with Gasteiger partial charge in [-0.25, -0.2) is 0 Å². The van der Waals surface area contributed by atoms with Crippen molar-refractivity contribution in [1.82, 2.24) is 4.98 Å². The number of aromatic nitrogens is 1. The topological polar surface area (TPSA) is 79.1 Å². The molecule has 1 heterocycles. The van der Waals surface area contributed by atoms with Gasteiger partial charge in [0.15, 0.2) is 0 Å². The molecular formula is C11H12N2O2. The van der Waals surface area contributed by atoms with Crippen molar-refractivity contribution >= 4 is 10.9 Å². The Morgan fingerprint density at radius 2 is 2.20 bits per heavy atom. The van der Waals surface area contributed by atoms with E-state index in [-0.39, 0.29) is 11.3 Å². The summed E-state index contributed by atoms with van der Waals surface area (Å²) in [6, 6.07) is 6.72. The van der Waals surface area contributed by atoms with E-state index in [0.29, 0.717) is 29.4 Å². The lowest BCUT2D eigenvalue weighted by atomic mass is 10.1. The number of benzene rings is 1. The lowest BCUT2D eigenvalue weighted by Gasteiger charge is -2.03. The number of rotatable bonds is 2. The quantitative estimate of drug-likeness (QED) is 0.674. The van der Waals surface area contributed by atoms with Gasteiger partial charge in [-0.05, 0) is 31.2 Å². The van der Waals surface area contributed by atoms with Gasteiger partial charge in [-0.15, -0.1) is 0 Å². The number of H-pyrrole nitrogens is 1. The molecule has 2 rings (SSSR count). The van der Waals surface area contributed by atoms with E-state index in [2.05, 4.69) is 4.98 Å². The third-order valence-corrected chi connectivity index (χ3v) is 2.36. The molecule has 0 atom stereocenters. The lowest BCUT2D eigenvalue weighted by Crippen LogP contribution is -2.16. The van der Waals surface area contributed by atoms with Crippen LogP contribution in [-0.2, 0) is 6.42 Å². The number of aromatic amines is 1. The van der Waals surface area contributed by atoms with E-state index in [1.807, 2.05) is 0 Å². The molecule has 0 aliphatic rings. The number of nitrogens with two attached hydrogens (primary N) is 1. The van der Waals surface area contributed by atoms with Crippen molar-refractivity contribution in [1.29, 1.82) is 0 Å². The van der Waals surface area contributed by atoms with Crippen molar-refractivity contribution in [3.8, 4) is 5.75 Å². The third kappa shape index (κ3) is 1.71. The molecule has 4 N–H and O–H groups in total. The summed E-state index contributed by atoms with van der Waals surface area (Å²) in [7, 11) is 0. The molecule has 78 valence electrons. The Labute approximate surface area is 86.4 Å². The highest BCUT2D eigenvalue weighted by Gasteiger charge is 2.04. The standard InChI is InChI=1S/C11H12N2O2/c12-5-4-7-6-8-9(13-11(7)15)2-1-3-10(8)14/h1-3,6,14H,4-5,12H2,(H,13,15). The molecule has 0 aliphatic carbocycles. The highest BCUT2D eigenvalue weighted by atomic mass is 16.3. The van der Waals surface area contributed by atoms with Crippen LogP contribution in [0.5, 0.6) is 5.75 Å². The molecule has 0 amide bonds. The molecule has 0 fully saturated rings. The molecule has 15 heavy (non-hydrogen) atoms. The zero-order valence-electron chi connectivity index (χ0n) is 8.16. The highest BCUT2D eigenvalue weighted by Crippen LogP contribution is 2.21. The van der Waals surface area contributed by atoms with Gasteiger partial charge in [0.25, 0.3) is 5.56 Å². The monoisotopic (exact) mass is 204 g/mol. The highest BCUT2D eigenvalue weighted by molar-refractivity contribution is 5.85. The number of hydrogen-bond donors (Lipinski definition) is 3. The molecule has 0 unspecified atom stereocenters. The van der Waals surface area contributed by atoms with Crippen molar-refractivity contribution in [2.24, 2.45) is 5.73 Å². The van der Waals surface area contributed by atoms with Crippen molar-refractivity contribution < 1.29 is 5.11 Å². The van der Waals surface area contributed by atoms with Crippen LogP contribution in [0.1, 0.15) is 5.56 Å². The minimum Gasteiger partial charge on any atom is -0.507 e. The largest absolute Gasteiger partial charge is 0.507 e. The van der Waals surface area contributed by atoms with E-state index < -0.39 is 0 Å². The molecule has 1 aromatic heterocycles. The average molecular weight is 204 g/mol. The van der Waals surface area contributed by atoms with Gasteiger partial charge in [-0.1, -0.05) is 6.07 Å². The van der Waals surface area contributed by atoms with Crippen LogP contribution >= 0.6 is 0 Å². The molecule has 0 saturated heterocycles. The summed E-state index contributed by atoms with van der Waals surface area (Å²) in [5.74, 6) is 0.169. The number of aromatic hydroxyl groups is 1. The Bertz CT molecular complexity index is 546. The first-order chi connectivity index (χ1) is 7.22. The number of fused-ring (bicyclic) bond motifs is 1. The van der Waals surface area contributed by atoms with E-state index in [9.17, 15) is 9.90 Å². The minimum atomic E-state index is -0.140. The van der Waals surface area contributed by atoms with Gasteiger partial charge in [0.1, 0.15) is 5.75 Å². The normalized spacial score (nSPS) is 10.7. The van der Waals surface area contributed by atoms with Gasteiger partial charge in [-0.3, -0.25) is 4.79 Å². The average Bonchev–Trinajstić information content (AvgIpc) is 2.21. The van der Waals surface area contributed by atoms with Gasteiger partial charge >= 0.3 is 0 Å². The summed E-state index contributed by atoms with van der Waals surface area (Å²) in [6.45, 7) is 0.419.